The number of methoxy groups -OCH3 is 1. The van der Waals surface area contributed by atoms with E-state index in [2.05, 4.69) is 20.2 Å². The van der Waals surface area contributed by atoms with Crippen LogP contribution in [-0.4, -0.2) is 44.9 Å². The van der Waals surface area contributed by atoms with E-state index in [4.69, 9.17) is 4.74 Å². The Labute approximate surface area is 114 Å². The molecule has 0 amide bonds. The molecule has 1 unspecified atom stereocenters. The van der Waals surface area contributed by atoms with Crippen LogP contribution in [0.2, 0.25) is 0 Å². The van der Waals surface area contributed by atoms with Gasteiger partial charge in [0.1, 0.15) is 0 Å². The van der Waals surface area contributed by atoms with E-state index in [9.17, 15) is 8.42 Å². The summed E-state index contributed by atoms with van der Waals surface area (Å²) < 4.78 is 32.1. The zero-order valence-electron chi connectivity index (χ0n) is 11.6. The lowest BCUT2D eigenvalue weighted by Gasteiger charge is -2.16. The van der Waals surface area contributed by atoms with Crippen molar-refractivity contribution in [2.24, 2.45) is 0 Å². The molecule has 0 saturated heterocycles. The molecular weight excluding hydrogens is 268 g/mol. The number of H-pyrrole nitrogens is 1. The first kappa shape index (κ1) is 16.1. The summed E-state index contributed by atoms with van der Waals surface area (Å²) in [6.45, 7) is 5.42. The third-order valence-electron chi connectivity index (χ3n) is 2.69. The summed E-state index contributed by atoms with van der Waals surface area (Å²) in [5, 5.41) is 9.54. The van der Waals surface area contributed by atoms with E-state index in [1.807, 2.05) is 13.8 Å². The molecule has 0 aliphatic heterocycles. The van der Waals surface area contributed by atoms with Gasteiger partial charge in [0.2, 0.25) is 0 Å². The predicted octanol–water partition coefficient (Wildman–Crippen LogP) is 0.223. The standard InChI is InChI=1S/C11H22N4O3S/c1-4-10(8-18-3)15-19(16,17)11-9(6-12-5-2)7-13-14-11/h7,10,12,15H,4-6,8H2,1-3H3,(H,13,14). The number of nitrogens with zero attached hydrogens (tertiary/aromatic N) is 1. The number of nitrogens with one attached hydrogen (secondary N) is 3. The van der Waals surface area contributed by atoms with Gasteiger partial charge in [-0.25, -0.2) is 13.1 Å². The summed E-state index contributed by atoms with van der Waals surface area (Å²) in [6.07, 6.45) is 2.18. The van der Waals surface area contributed by atoms with E-state index in [1.165, 1.54) is 6.20 Å². The van der Waals surface area contributed by atoms with Gasteiger partial charge in [0.15, 0.2) is 5.03 Å². The average molecular weight is 290 g/mol. The van der Waals surface area contributed by atoms with Crippen LogP contribution in [0, 0.1) is 0 Å². The molecule has 8 heteroatoms. The van der Waals surface area contributed by atoms with Gasteiger partial charge >= 0.3 is 0 Å². The highest BCUT2D eigenvalue weighted by Gasteiger charge is 2.23. The van der Waals surface area contributed by atoms with E-state index >= 15 is 0 Å². The number of sulfonamides is 1. The number of aromatic nitrogens is 2. The van der Waals surface area contributed by atoms with Crippen LogP contribution in [0.5, 0.6) is 0 Å². The molecule has 0 aromatic carbocycles. The third-order valence-corrected chi connectivity index (χ3v) is 4.23. The third kappa shape index (κ3) is 4.57. The van der Waals surface area contributed by atoms with Gasteiger partial charge in [-0.3, -0.25) is 5.10 Å². The van der Waals surface area contributed by atoms with Crippen molar-refractivity contribution in [3.05, 3.63) is 11.8 Å². The van der Waals surface area contributed by atoms with E-state index in [0.717, 1.165) is 6.54 Å². The summed E-state index contributed by atoms with van der Waals surface area (Å²) in [7, 11) is -2.05. The molecule has 1 heterocycles. The minimum absolute atomic E-state index is 0.114. The lowest BCUT2D eigenvalue weighted by Crippen LogP contribution is -2.38. The second-order valence-corrected chi connectivity index (χ2v) is 5.84. The molecule has 0 radical (unpaired) electrons. The van der Waals surface area contributed by atoms with Crippen molar-refractivity contribution in [1.82, 2.24) is 20.2 Å². The first-order chi connectivity index (χ1) is 9.05. The molecule has 0 bridgehead atoms. The van der Waals surface area contributed by atoms with Gasteiger partial charge in [0, 0.05) is 25.3 Å². The van der Waals surface area contributed by atoms with Crippen LogP contribution in [0.25, 0.3) is 0 Å². The van der Waals surface area contributed by atoms with Crippen molar-refractivity contribution < 1.29 is 13.2 Å². The van der Waals surface area contributed by atoms with Gasteiger partial charge in [0.25, 0.3) is 10.0 Å². The van der Waals surface area contributed by atoms with Crippen LogP contribution < -0.4 is 10.0 Å². The second-order valence-electron chi connectivity index (χ2n) is 4.19. The zero-order valence-corrected chi connectivity index (χ0v) is 12.4. The highest BCUT2D eigenvalue weighted by Crippen LogP contribution is 2.12. The molecule has 1 aromatic rings. The van der Waals surface area contributed by atoms with Crippen molar-refractivity contribution in [3.63, 3.8) is 0 Å². The topological polar surface area (TPSA) is 96.1 Å². The normalized spacial score (nSPS) is 13.6. The Morgan fingerprint density at radius 1 is 1.47 bits per heavy atom. The Morgan fingerprint density at radius 3 is 2.79 bits per heavy atom. The predicted molar refractivity (Wildman–Crippen MR) is 72.2 cm³/mol. The molecule has 7 nitrogen and oxygen atoms in total. The van der Waals surface area contributed by atoms with E-state index < -0.39 is 10.0 Å². The fourth-order valence-electron chi connectivity index (χ4n) is 1.63. The summed E-state index contributed by atoms with van der Waals surface area (Å²) in [4.78, 5) is 0. The smallest absolute Gasteiger partial charge is 0.258 e. The molecule has 0 aliphatic carbocycles. The van der Waals surface area contributed by atoms with Crippen molar-refractivity contribution in [2.45, 2.75) is 37.9 Å². The minimum Gasteiger partial charge on any atom is -0.383 e. The summed E-state index contributed by atoms with van der Waals surface area (Å²) >= 11 is 0. The van der Waals surface area contributed by atoms with Gasteiger partial charge in [-0.05, 0) is 13.0 Å². The SMILES string of the molecule is CCNCc1cn[nH]c1S(=O)(=O)NC(CC)COC. The van der Waals surface area contributed by atoms with Crippen LogP contribution in [-0.2, 0) is 21.3 Å². The van der Waals surface area contributed by atoms with Crippen molar-refractivity contribution >= 4 is 10.0 Å². The Kier molecular flexibility index (Phi) is 6.43. The number of aromatic amines is 1. The highest BCUT2D eigenvalue weighted by atomic mass is 32.2. The van der Waals surface area contributed by atoms with Gasteiger partial charge in [-0.2, -0.15) is 5.10 Å². The largest absolute Gasteiger partial charge is 0.383 e. The van der Waals surface area contributed by atoms with Gasteiger partial charge < -0.3 is 10.1 Å². The lowest BCUT2D eigenvalue weighted by atomic mass is 10.3. The van der Waals surface area contributed by atoms with Crippen molar-refractivity contribution in [3.8, 4) is 0 Å². The first-order valence-electron chi connectivity index (χ1n) is 6.29. The zero-order chi connectivity index (χ0) is 14.3. The fourth-order valence-corrected chi connectivity index (χ4v) is 3.07. The minimum atomic E-state index is -3.60. The molecule has 1 aromatic heterocycles. The second kappa shape index (κ2) is 7.59. The first-order valence-corrected chi connectivity index (χ1v) is 7.77. The fraction of sp³-hybridized carbons (Fsp3) is 0.727. The number of ether oxygens (including phenoxy) is 1. The number of hydrogen-bond acceptors (Lipinski definition) is 5. The summed E-state index contributed by atoms with van der Waals surface area (Å²) in [6, 6.07) is -0.245. The summed E-state index contributed by atoms with van der Waals surface area (Å²) in [5.74, 6) is 0. The van der Waals surface area contributed by atoms with Crippen LogP contribution in [0.3, 0.4) is 0 Å². The molecule has 0 saturated carbocycles. The Bertz CT molecular complexity index is 472. The van der Waals surface area contributed by atoms with Crippen molar-refractivity contribution in [1.29, 1.82) is 0 Å². The molecule has 0 aliphatic rings. The molecule has 19 heavy (non-hydrogen) atoms. The Balaban J connectivity index is 2.84. The maximum absolute atomic E-state index is 12.3. The average Bonchev–Trinajstić information content (AvgIpc) is 2.84. The van der Waals surface area contributed by atoms with E-state index in [0.29, 0.717) is 25.1 Å². The van der Waals surface area contributed by atoms with Crippen molar-refractivity contribution in [2.75, 3.05) is 20.3 Å². The Morgan fingerprint density at radius 2 is 2.21 bits per heavy atom. The molecular formula is C11H22N4O3S. The van der Waals surface area contributed by atoms with E-state index in [-0.39, 0.29) is 11.1 Å². The number of rotatable bonds is 9. The van der Waals surface area contributed by atoms with Gasteiger partial charge in [-0.1, -0.05) is 13.8 Å². The van der Waals surface area contributed by atoms with Crippen LogP contribution >= 0.6 is 0 Å². The monoisotopic (exact) mass is 290 g/mol. The van der Waals surface area contributed by atoms with Gasteiger partial charge in [-0.15, -0.1) is 0 Å². The molecule has 0 spiro atoms. The molecule has 1 atom stereocenters. The summed E-state index contributed by atoms with van der Waals surface area (Å²) in [5.41, 5.74) is 0.626. The molecule has 1 rings (SSSR count). The van der Waals surface area contributed by atoms with Gasteiger partial charge in [0.05, 0.1) is 12.8 Å². The number of hydrogen-bond donors (Lipinski definition) is 3. The maximum Gasteiger partial charge on any atom is 0.258 e. The quantitative estimate of drug-likeness (QED) is 0.605. The molecule has 0 fully saturated rings. The van der Waals surface area contributed by atoms with Crippen LogP contribution in [0.15, 0.2) is 11.2 Å². The maximum atomic E-state index is 12.3. The molecule has 110 valence electrons. The highest BCUT2D eigenvalue weighted by molar-refractivity contribution is 7.89. The van der Waals surface area contributed by atoms with Crippen LogP contribution in [0.4, 0.5) is 0 Å². The lowest BCUT2D eigenvalue weighted by molar-refractivity contribution is 0.173. The molecule has 3 N–H and O–H groups in total. The van der Waals surface area contributed by atoms with Crippen LogP contribution in [0.1, 0.15) is 25.8 Å². The van der Waals surface area contributed by atoms with E-state index in [1.54, 1.807) is 7.11 Å². The Hall–Kier alpha value is -0.960.